The van der Waals surface area contributed by atoms with Crippen LogP contribution in [-0.2, 0) is 52.2 Å². The number of carboxylic acid groups (broad SMARTS) is 2. The van der Waals surface area contributed by atoms with Crippen molar-refractivity contribution in [3.05, 3.63) is 47.2 Å². The Morgan fingerprint density at radius 3 is 2.53 bits per heavy atom. The number of aryl methyl sites for hydroxylation is 2. The molecule has 5 rings (SSSR count). The zero-order chi connectivity index (χ0) is 40.9. The number of hydrogen-bond acceptors (Lipinski definition) is 18. The van der Waals surface area contributed by atoms with Crippen LogP contribution in [0.25, 0.3) is 11.1 Å². The molecule has 0 bridgehead atoms. The second-order valence-electron chi connectivity index (χ2n) is 12.9. The number of carboxylic acids is 1. The summed E-state index contributed by atoms with van der Waals surface area (Å²) in [5.41, 5.74) is 15.5. The smallest absolute Gasteiger partial charge is 0.391 e. The molecule has 2 aromatic heterocycles. The standard InChI is InChI=1S/C30H38N10O10S2.CH2O2/c1-29(2)23(25(42)40(29)50-52(45,46)47)37-24(41)22(19-14-51-27(33)36-19)38-49-30(3,26(43)44)21-8-6-16-9-15(5-7-20(16)48-21)17-12-34-28(39(4)13-17)35-18(10-31)11-32;2-1-3/h5,7,9,12-14,18,21,23H,6,8,10-11,31-32H2,1-4H3,(H5,33,36,37,41,43,44,45,46,47);1H,(H,2,3)/b38-22-;/t21-,23?,30?;/m1./s1. The summed E-state index contributed by atoms with van der Waals surface area (Å²) in [6, 6.07) is 3.94. The summed E-state index contributed by atoms with van der Waals surface area (Å²) in [6.07, 6.45) is 3.13. The molecule has 0 saturated carbocycles. The highest BCUT2D eigenvalue weighted by atomic mass is 32.3. The van der Waals surface area contributed by atoms with Gasteiger partial charge in [-0.2, -0.15) is 9.35 Å². The van der Waals surface area contributed by atoms with E-state index in [4.69, 9.17) is 36.7 Å². The van der Waals surface area contributed by atoms with Crippen LogP contribution in [0.3, 0.4) is 0 Å². The van der Waals surface area contributed by atoms with Gasteiger partial charge in [0.05, 0.1) is 24.8 Å². The third-order valence-electron chi connectivity index (χ3n) is 8.70. The number of nitrogens with one attached hydrogen (secondary N) is 2. The van der Waals surface area contributed by atoms with Crippen molar-refractivity contribution in [1.82, 2.24) is 20.3 Å². The second kappa shape index (κ2) is 16.9. The highest BCUT2D eigenvalue weighted by molar-refractivity contribution is 7.80. The number of nitrogen functional groups attached to an aromatic ring is 1. The quantitative estimate of drug-likeness (QED) is 0.0185. The Morgan fingerprint density at radius 1 is 1.31 bits per heavy atom. The lowest BCUT2D eigenvalue weighted by Crippen LogP contribution is -2.76. The number of oxime groups is 1. The van der Waals surface area contributed by atoms with E-state index in [1.807, 2.05) is 29.9 Å². The first kappa shape index (κ1) is 42.2. The van der Waals surface area contributed by atoms with Gasteiger partial charge in [0.15, 0.2) is 16.9 Å². The second-order valence-corrected chi connectivity index (χ2v) is 14.7. The molecule has 24 heteroatoms. The largest absolute Gasteiger partial charge is 0.724 e. The summed E-state index contributed by atoms with van der Waals surface area (Å²) in [5.74, 6) is -2.50. The Bertz CT molecular complexity index is 2080. The first-order valence-electron chi connectivity index (χ1n) is 16.2. The van der Waals surface area contributed by atoms with E-state index >= 15 is 0 Å². The molecule has 3 atom stereocenters. The van der Waals surface area contributed by atoms with Crippen molar-refractivity contribution >= 4 is 62.8 Å². The lowest BCUT2D eigenvalue weighted by molar-refractivity contribution is -0.659. The monoisotopic (exact) mass is 808 g/mol. The van der Waals surface area contributed by atoms with Gasteiger partial charge in [-0.25, -0.2) is 22.8 Å². The van der Waals surface area contributed by atoms with Gasteiger partial charge in [-0.1, -0.05) is 16.2 Å². The number of nitrogens with two attached hydrogens (primary N) is 3. The number of anilines is 2. The average molecular weight is 809 g/mol. The highest BCUT2D eigenvalue weighted by Crippen LogP contribution is 2.37. The number of carbonyl (C=O) groups excluding carboxylic acids is 2. The van der Waals surface area contributed by atoms with Gasteiger partial charge in [0.25, 0.3) is 23.9 Å². The zero-order valence-electron chi connectivity index (χ0n) is 29.9. The lowest BCUT2D eigenvalue weighted by Gasteiger charge is -2.51. The summed E-state index contributed by atoms with van der Waals surface area (Å²) in [6.45, 7) is 4.37. The Balaban J connectivity index is 0.00000217. The van der Waals surface area contributed by atoms with Crippen molar-refractivity contribution in [2.45, 2.75) is 62.9 Å². The molecule has 1 saturated heterocycles. The summed E-state index contributed by atoms with van der Waals surface area (Å²) in [4.78, 5) is 61.3. The van der Waals surface area contributed by atoms with E-state index in [-0.39, 0.29) is 29.8 Å². The van der Waals surface area contributed by atoms with Crippen molar-refractivity contribution in [2.24, 2.45) is 23.7 Å². The van der Waals surface area contributed by atoms with Crippen LogP contribution in [0, 0.1) is 0 Å². The van der Waals surface area contributed by atoms with Gasteiger partial charge in [-0.3, -0.25) is 19.7 Å². The van der Waals surface area contributed by atoms with Crippen LogP contribution >= 0.6 is 11.3 Å². The van der Waals surface area contributed by atoms with E-state index < -0.39 is 57.2 Å². The number of amides is 2. The van der Waals surface area contributed by atoms with Crippen molar-refractivity contribution in [1.29, 1.82) is 0 Å². The number of aliphatic carboxylic acids is 1. The van der Waals surface area contributed by atoms with Crippen LogP contribution in [0.15, 0.2) is 41.1 Å². The molecule has 298 valence electrons. The van der Waals surface area contributed by atoms with Gasteiger partial charge in [0.1, 0.15) is 23.7 Å². The first-order valence-corrected chi connectivity index (χ1v) is 18.4. The van der Waals surface area contributed by atoms with Gasteiger partial charge in [0, 0.05) is 24.0 Å². The van der Waals surface area contributed by atoms with E-state index in [2.05, 4.69) is 30.0 Å². The van der Waals surface area contributed by atoms with Crippen LogP contribution < -0.4 is 37.1 Å². The zero-order valence-corrected chi connectivity index (χ0v) is 31.5. The molecule has 2 aliphatic heterocycles. The third-order valence-corrected chi connectivity index (χ3v) is 9.70. The summed E-state index contributed by atoms with van der Waals surface area (Å²) in [5, 5.41) is 28.4. The van der Waals surface area contributed by atoms with Crippen LogP contribution in [0.5, 0.6) is 5.75 Å². The van der Waals surface area contributed by atoms with Crippen molar-refractivity contribution in [3.8, 4) is 16.9 Å². The maximum absolute atomic E-state index is 13.5. The fourth-order valence-electron chi connectivity index (χ4n) is 5.56. The maximum Gasteiger partial charge on any atom is 0.391 e. The number of aromatic nitrogens is 3. The molecule has 1 aromatic carbocycles. The highest BCUT2D eigenvalue weighted by Gasteiger charge is 2.57. The van der Waals surface area contributed by atoms with Crippen molar-refractivity contribution in [3.63, 3.8) is 0 Å². The molecule has 2 unspecified atom stereocenters. The van der Waals surface area contributed by atoms with Crippen LogP contribution in [0.1, 0.15) is 38.4 Å². The van der Waals surface area contributed by atoms with Gasteiger partial charge in [-0.05, 0) is 56.9 Å². The van der Waals surface area contributed by atoms with E-state index in [1.165, 1.54) is 26.2 Å². The number of hydroxylamine groups is 2. The minimum absolute atomic E-state index is 0.0485. The molecule has 0 radical (unpaired) electrons. The minimum Gasteiger partial charge on any atom is -0.724 e. The normalized spacial score (nSPS) is 18.7. The number of hydrogen-bond donors (Lipinski definition) is 7. The van der Waals surface area contributed by atoms with E-state index in [1.54, 1.807) is 12.3 Å². The van der Waals surface area contributed by atoms with Crippen LogP contribution in [0.2, 0.25) is 0 Å². The topological polar surface area (TPSA) is 341 Å². The molecule has 10 N–H and O–H groups in total. The van der Waals surface area contributed by atoms with Crippen LogP contribution in [-0.4, -0.2) is 111 Å². The molecule has 1 fully saturated rings. The third kappa shape index (κ3) is 9.41. The first-order chi connectivity index (χ1) is 25.8. The average Bonchev–Trinajstić information content (AvgIpc) is 3.56. The fraction of sp³-hybridized carbons (Fsp3) is 0.419. The molecule has 4 heterocycles. The summed E-state index contributed by atoms with van der Waals surface area (Å²) < 4.78 is 45.4. The molecule has 0 aliphatic carbocycles. The number of carbonyl (C=O) groups is 4. The Kier molecular flexibility index (Phi) is 12.9. The number of thiazole rings is 1. The number of fused-ring (bicyclic) bond motifs is 1. The number of ether oxygens (including phenoxy) is 1. The van der Waals surface area contributed by atoms with Crippen molar-refractivity contribution < 1.29 is 60.8 Å². The molecule has 2 aliphatic rings. The number of β-lactam (4-membered cyclic amide) rings is 1. The molecule has 2 amide bonds. The minimum atomic E-state index is -5.29. The van der Waals surface area contributed by atoms with Crippen LogP contribution in [0.4, 0.5) is 11.1 Å². The Labute approximate surface area is 318 Å². The fourth-order valence-corrected chi connectivity index (χ4v) is 6.55. The number of benzene rings is 1. The molecule has 3 aromatic rings. The molecule has 55 heavy (non-hydrogen) atoms. The van der Waals surface area contributed by atoms with Crippen molar-refractivity contribution in [2.75, 3.05) is 24.1 Å². The van der Waals surface area contributed by atoms with E-state index in [0.29, 0.717) is 36.3 Å². The SMILES string of the molecule is C[n+]1cc(-c2ccc3c(c2)CC[C@H](C(C)(O/N=C(\C(=O)NC2C(=O)N(OS(=O)(=O)[O-])C2(C)C)c2csc(N)n2)C(=O)O)O3)cnc1NC(CN)CN.O=CO. The Hall–Kier alpha value is -5.53. The summed E-state index contributed by atoms with van der Waals surface area (Å²) >= 11 is 0.956. The van der Waals surface area contributed by atoms with Gasteiger partial charge < -0.3 is 46.9 Å². The summed E-state index contributed by atoms with van der Waals surface area (Å²) in [7, 11) is -3.45. The molecular weight excluding hydrogens is 769 g/mol. The van der Waals surface area contributed by atoms with E-state index in [0.717, 1.165) is 28.0 Å². The maximum atomic E-state index is 13.5. The van der Waals surface area contributed by atoms with E-state index in [9.17, 15) is 32.5 Å². The number of rotatable bonds is 14. The molecular formula is C31H40N10O12S2. The predicted octanol–water partition coefficient (Wildman–Crippen LogP) is -1.53. The lowest BCUT2D eigenvalue weighted by atomic mass is 9.84. The number of nitrogens with zero attached hydrogens (tertiary/aromatic N) is 5. The molecule has 0 spiro atoms. The predicted molar refractivity (Wildman–Crippen MR) is 192 cm³/mol. The van der Waals surface area contributed by atoms with Gasteiger partial charge >= 0.3 is 11.9 Å². The Morgan fingerprint density at radius 2 is 1.98 bits per heavy atom. The van der Waals surface area contributed by atoms with Gasteiger partial charge in [-0.15, -0.1) is 11.3 Å². The molecule has 22 nitrogen and oxygen atoms in total. The van der Waals surface area contributed by atoms with Gasteiger partial charge in [0.2, 0.25) is 10.4 Å².